The van der Waals surface area contributed by atoms with Crippen molar-refractivity contribution in [3.63, 3.8) is 0 Å². The van der Waals surface area contributed by atoms with Crippen LogP contribution in [0.2, 0.25) is 5.02 Å². The number of aromatic nitrogens is 2. The van der Waals surface area contributed by atoms with Crippen LogP contribution in [0.3, 0.4) is 0 Å². The third kappa shape index (κ3) is 5.19. The number of nitrogens with zero attached hydrogens (tertiary/aromatic N) is 3. The third-order valence-electron chi connectivity index (χ3n) is 5.48. The molecule has 1 saturated heterocycles. The summed E-state index contributed by atoms with van der Waals surface area (Å²) in [4.78, 5) is 16.7. The number of anilines is 1. The molecular weight excluding hydrogens is 483 g/mol. The molecule has 0 spiro atoms. The largest absolute Gasteiger partial charge is 0.355 e. The van der Waals surface area contributed by atoms with E-state index < -0.39 is 21.8 Å². The Morgan fingerprint density at radius 3 is 2.79 bits per heavy atom. The zero-order valence-electron chi connectivity index (χ0n) is 18.2. The first kappa shape index (κ1) is 24.1. The molecule has 1 fully saturated rings. The van der Waals surface area contributed by atoms with Gasteiger partial charge >= 0.3 is 0 Å². The van der Waals surface area contributed by atoms with Gasteiger partial charge in [-0.1, -0.05) is 35.0 Å². The Balaban J connectivity index is 1.54. The number of carbonyl (C=O) groups is 1. The summed E-state index contributed by atoms with van der Waals surface area (Å²) in [6.45, 7) is 1.78. The molecule has 3 aromatic rings. The SMILES string of the molecule is Cc1noc(/C=C/c2ccccc2F)c1S(=O)(=O)N1CCCC(C(=O)Nc2ccc(Cl)cn2)C1. The molecule has 0 saturated carbocycles. The molecule has 0 aliphatic carbocycles. The van der Waals surface area contributed by atoms with Crippen LogP contribution in [-0.4, -0.2) is 41.9 Å². The molecule has 34 heavy (non-hydrogen) atoms. The van der Waals surface area contributed by atoms with Gasteiger partial charge in [0.25, 0.3) is 0 Å². The molecule has 2 aromatic heterocycles. The minimum Gasteiger partial charge on any atom is -0.355 e. The summed E-state index contributed by atoms with van der Waals surface area (Å²) in [5.41, 5.74) is 0.468. The van der Waals surface area contributed by atoms with Crippen molar-refractivity contribution in [1.82, 2.24) is 14.4 Å². The first-order valence-corrected chi connectivity index (χ1v) is 12.4. The molecule has 3 heterocycles. The Bertz CT molecular complexity index is 1320. The molecule has 178 valence electrons. The number of hydrogen-bond donors (Lipinski definition) is 1. The van der Waals surface area contributed by atoms with Gasteiger partial charge in [-0.05, 0) is 50.1 Å². The fourth-order valence-electron chi connectivity index (χ4n) is 3.76. The van der Waals surface area contributed by atoms with Gasteiger partial charge in [0.05, 0.1) is 10.9 Å². The molecule has 8 nitrogen and oxygen atoms in total. The average Bonchev–Trinajstić information content (AvgIpc) is 3.21. The Labute approximate surface area is 201 Å². The van der Waals surface area contributed by atoms with Gasteiger partial charge in [-0.25, -0.2) is 17.8 Å². The molecule has 4 rings (SSSR count). The predicted octanol–water partition coefficient (Wildman–Crippen LogP) is 4.38. The lowest BCUT2D eigenvalue weighted by Crippen LogP contribution is -2.44. The molecule has 1 aromatic carbocycles. The Morgan fingerprint density at radius 2 is 2.06 bits per heavy atom. The number of nitrogens with one attached hydrogen (secondary N) is 1. The van der Waals surface area contributed by atoms with E-state index in [0.29, 0.717) is 23.7 Å². The molecule has 1 atom stereocenters. The number of halogens is 2. The highest BCUT2D eigenvalue weighted by molar-refractivity contribution is 7.89. The second-order valence-electron chi connectivity index (χ2n) is 7.87. The van der Waals surface area contributed by atoms with Gasteiger partial charge in [-0.2, -0.15) is 4.31 Å². The van der Waals surface area contributed by atoms with E-state index >= 15 is 0 Å². The predicted molar refractivity (Wildman–Crippen MR) is 126 cm³/mol. The van der Waals surface area contributed by atoms with Crippen molar-refractivity contribution in [3.8, 4) is 0 Å². The number of pyridine rings is 1. The summed E-state index contributed by atoms with van der Waals surface area (Å²) in [6, 6.07) is 9.28. The number of carbonyl (C=O) groups excluding carboxylic acids is 1. The van der Waals surface area contributed by atoms with Gasteiger partial charge in [0.2, 0.25) is 15.9 Å². The Hall–Kier alpha value is -3.08. The second-order valence-corrected chi connectivity index (χ2v) is 10.2. The average molecular weight is 505 g/mol. The van der Waals surface area contributed by atoms with Crippen molar-refractivity contribution >= 4 is 45.5 Å². The number of rotatable bonds is 6. The van der Waals surface area contributed by atoms with Crippen LogP contribution >= 0.6 is 11.6 Å². The van der Waals surface area contributed by atoms with Gasteiger partial charge in [-0.15, -0.1) is 0 Å². The summed E-state index contributed by atoms with van der Waals surface area (Å²) in [6.07, 6.45) is 5.27. The fourth-order valence-corrected chi connectivity index (χ4v) is 5.64. The number of hydrogen-bond acceptors (Lipinski definition) is 6. The highest BCUT2D eigenvalue weighted by atomic mass is 35.5. The van der Waals surface area contributed by atoms with Gasteiger partial charge in [-0.3, -0.25) is 4.79 Å². The van der Waals surface area contributed by atoms with E-state index in [9.17, 15) is 17.6 Å². The van der Waals surface area contributed by atoms with Gasteiger partial charge in [0, 0.05) is 24.8 Å². The van der Waals surface area contributed by atoms with Crippen molar-refractivity contribution in [1.29, 1.82) is 0 Å². The number of piperidine rings is 1. The number of benzene rings is 1. The van der Waals surface area contributed by atoms with Crippen LogP contribution in [0.15, 0.2) is 52.0 Å². The standard InChI is InChI=1S/C23H22ClFN4O4S/c1-15-22(20(33-28-15)10-8-16-5-2-3-7-19(16)25)34(31,32)29-12-4-6-17(14-29)23(30)27-21-11-9-18(24)13-26-21/h2-3,5,7-11,13,17H,4,6,12,14H2,1H3,(H,26,27,30)/b10-8+. The second kappa shape index (κ2) is 10.0. The molecule has 1 N–H and O–H groups in total. The van der Waals surface area contributed by atoms with Crippen LogP contribution < -0.4 is 5.32 Å². The Morgan fingerprint density at radius 1 is 1.26 bits per heavy atom. The summed E-state index contributed by atoms with van der Waals surface area (Å²) in [5, 5.41) is 6.95. The quantitative estimate of drug-likeness (QED) is 0.534. The van der Waals surface area contributed by atoms with Crippen LogP contribution in [0.25, 0.3) is 12.2 Å². The molecule has 1 unspecified atom stereocenters. The molecular formula is C23H22ClFN4O4S. The van der Waals surface area contributed by atoms with Crippen LogP contribution in [0.4, 0.5) is 10.2 Å². The monoisotopic (exact) mass is 504 g/mol. The van der Waals surface area contributed by atoms with Crippen LogP contribution in [0.5, 0.6) is 0 Å². The zero-order chi connectivity index (χ0) is 24.3. The highest BCUT2D eigenvalue weighted by Crippen LogP contribution is 2.30. The van der Waals surface area contributed by atoms with E-state index in [1.54, 1.807) is 30.3 Å². The van der Waals surface area contributed by atoms with E-state index in [1.165, 1.54) is 35.6 Å². The van der Waals surface area contributed by atoms with Crippen LogP contribution in [-0.2, 0) is 14.8 Å². The lowest BCUT2D eigenvalue weighted by atomic mass is 9.99. The summed E-state index contributed by atoms with van der Waals surface area (Å²) >= 11 is 5.82. The molecule has 1 amide bonds. The van der Waals surface area contributed by atoms with Gasteiger partial charge in [0.15, 0.2) is 10.7 Å². The maximum absolute atomic E-state index is 13.9. The zero-order valence-corrected chi connectivity index (χ0v) is 19.8. The first-order chi connectivity index (χ1) is 16.3. The number of aryl methyl sites for hydroxylation is 1. The summed E-state index contributed by atoms with van der Waals surface area (Å²) < 4.78 is 47.4. The van der Waals surface area contributed by atoms with Crippen molar-refractivity contribution in [2.45, 2.75) is 24.7 Å². The fraction of sp³-hybridized carbons (Fsp3) is 0.261. The Kier molecular flexibility index (Phi) is 7.11. The van der Waals surface area contributed by atoms with Crippen molar-refractivity contribution in [2.24, 2.45) is 5.92 Å². The maximum Gasteiger partial charge on any atom is 0.248 e. The van der Waals surface area contributed by atoms with Crippen LogP contribution in [0, 0.1) is 18.7 Å². The molecule has 0 radical (unpaired) electrons. The maximum atomic E-state index is 13.9. The molecule has 1 aliphatic rings. The number of amides is 1. The molecule has 0 bridgehead atoms. The smallest absolute Gasteiger partial charge is 0.248 e. The third-order valence-corrected chi connectivity index (χ3v) is 7.73. The minimum atomic E-state index is -4.02. The van der Waals surface area contributed by atoms with E-state index in [2.05, 4.69) is 15.5 Å². The van der Waals surface area contributed by atoms with E-state index in [0.717, 1.165) is 0 Å². The highest BCUT2D eigenvalue weighted by Gasteiger charge is 2.37. The summed E-state index contributed by atoms with van der Waals surface area (Å²) in [5.74, 6) is -0.989. The van der Waals surface area contributed by atoms with E-state index in [4.69, 9.17) is 16.1 Å². The topological polar surface area (TPSA) is 105 Å². The van der Waals surface area contributed by atoms with Gasteiger partial charge < -0.3 is 9.84 Å². The van der Waals surface area contributed by atoms with E-state index in [-0.39, 0.29) is 40.9 Å². The van der Waals surface area contributed by atoms with Gasteiger partial charge in [0.1, 0.15) is 17.3 Å². The lowest BCUT2D eigenvalue weighted by molar-refractivity contribution is -0.120. The first-order valence-electron chi connectivity index (χ1n) is 10.6. The van der Waals surface area contributed by atoms with Crippen molar-refractivity contribution < 1.29 is 22.1 Å². The normalized spacial score (nSPS) is 17.2. The van der Waals surface area contributed by atoms with Crippen molar-refractivity contribution in [2.75, 3.05) is 18.4 Å². The van der Waals surface area contributed by atoms with Crippen molar-refractivity contribution in [3.05, 3.63) is 70.5 Å². The molecule has 1 aliphatic heterocycles. The minimum absolute atomic E-state index is 0.00214. The lowest BCUT2D eigenvalue weighted by Gasteiger charge is -2.31. The van der Waals surface area contributed by atoms with Crippen LogP contribution in [0.1, 0.15) is 29.9 Å². The van der Waals surface area contributed by atoms with E-state index in [1.807, 2.05) is 0 Å². The number of sulfonamides is 1. The molecule has 11 heteroatoms. The summed E-state index contributed by atoms with van der Waals surface area (Å²) in [7, 11) is -4.02.